The van der Waals surface area contributed by atoms with Gasteiger partial charge >= 0.3 is 0 Å². The monoisotopic (exact) mass is 247 g/mol. The van der Waals surface area contributed by atoms with E-state index in [0.717, 1.165) is 0 Å². The summed E-state index contributed by atoms with van der Waals surface area (Å²) in [5.74, 6) is 0.222. The molecule has 0 saturated heterocycles. The standard InChI is InChI=1S/C11H13N5O2/c1-16-13-6-9(15-16)11(17)14-7-3-4-10(18-2)8(12)5-7/h3-6H,12H2,1-2H3,(H,14,17). The van der Waals surface area contributed by atoms with Gasteiger partial charge in [-0.25, -0.2) is 0 Å². The Balaban J connectivity index is 2.14. The van der Waals surface area contributed by atoms with Crippen LogP contribution < -0.4 is 15.8 Å². The second-order valence-corrected chi connectivity index (χ2v) is 3.63. The van der Waals surface area contributed by atoms with Crippen LogP contribution in [0.1, 0.15) is 10.5 Å². The largest absolute Gasteiger partial charge is 0.495 e. The van der Waals surface area contributed by atoms with Gasteiger partial charge in [0, 0.05) is 12.7 Å². The van der Waals surface area contributed by atoms with Crippen molar-refractivity contribution in [1.82, 2.24) is 15.0 Å². The van der Waals surface area contributed by atoms with Gasteiger partial charge in [0.05, 0.1) is 19.0 Å². The summed E-state index contributed by atoms with van der Waals surface area (Å²) in [6.45, 7) is 0. The lowest BCUT2D eigenvalue weighted by molar-refractivity contribution is 0.102. The molecule has 0 atom stereocenters. The molecule has 94 valence electrons. The maximum atomic E-state index is 11.8. The topological polar surface area (TPSA) is 95.1 Å². The van der Waals surface area contributed by atoms with Crippen LogP contribution in [0.2, 0.25) is 0 Å². The molecular weight excluding hydrogens is 234 g/mol. The first-order valence-corrected chi connectivity index (χ1v) is 5.21. The van der Waals surface area contributed by atoms with Crippen LogP contribution in [0.3, 0.4) is 0 Å². The van der Waals surface area contributed by atoms with Gasteiger partial charge in [-0.2, -0.15) is 9.90 Å². The van der Waals surface area contributed by atoms with Crippen molar-refractivity contribution in [3.05, 3.63) is 30.1 Å². The molecule has 0 aliphatic rings. The lowest BCUT2D eigenvalue weighted by atomic mass is 10.2. The molecule has 0 aliphatic heterocycles. The van der Waals surface area contributed by atoms with E-state index in [0.29, 0.717) is 17.1 Å². The molecule has 0 saturated carbocycles. The molecule has 0 radical (unpaired) electrons. The zero-order valence-electron chi connectivity index (χ0n) is 10.0. The smallest absolute Gasteiger partial charge is 0.277 e. The maximum absolute atomic E-state index is 11.8. The predicted molar refractivity (Wildman–Crippen MR) is 66.4 cm³/mol. The maximum Gasteiger partial charge on any atom is 0.277 e. The number of anilines is 2. The van der Waals surface area contributed by atoms with E-state index in [1.165, 1.54) is 18.1 Å². The van der Waals surface area contributed by atoms with Crippen molar-refractivity contribution < 1.29 is 9.53 Å². The van der Waals surface area contributed by atoms with Gasteiger partial charge in [-0.05, 0) is 18.2 Å². The van der Waals surface area contributed by atoms with Crippen molar-refractivity contribution in [2.24, 2.45) is 7.05 Å². The third kappa shape index (κ3) is 2.40. The molecule has 1 aromatic carbocycles. The van der Waals surface area contributed by atoms with Crippen molar-refractivity contribution in [3.8, 4) is 5.75 Å². The highest BCUT2D eigenvalue weighted by Crippen LogP contribution is 2.24. The van der Waals surface area contributed by atoms with Crippen molar-refractivity contribution in [1.29, 1.82) is 0 Å². The van der Waals surface area contributed by atoms with Crippen LogP contribution in [0.5, 0.6) is 5.75 Å². The molecule has 1 aromatic heterocycles. The van der Waals surface area contributed by atoms with Crippen molar-refractivity contribution in [2.45, 2.75) is 0 Å². The third-order valence-corrected chi connectivity index (χ3v) is 2.32. The number of benzene rings is 1. The molecular formula is C11H13N5O2. The summed E-state index contributed by atoms with van der Waals surface area (Å²) in [6, 6.07) is 5.00. The van der Waals surface area contributed by atoms with Crippen LogP contribution in [0, 0.1) is 0 Å². The number of ether oxygens (including phenoxy) is 1. The molecule has 0 fully saturated rings. The van der Waals surface area contributed by atoms with E-state index >= 15 is 0 Å². The number of methoxy groups -OCH3 is 1. The van der Waals surface area contributed by atoms with E-state index in [4.69, 9.17) is 10.5 Å². The van der Waals surface area contributed by atoms with Crippen LogP contribution in [0.25, 0.3) is 0 Å². The van der Waals surface area contributed by atoms with Gasteiger partial charge < -0.3 is 15.8 Å². The Bertz CT molecular complexity index is 579. The van der Waals surface area contributed by atoms with Gasteiger partial charge in [-0.15, -0.1) is 5.10 Å². The fourth-order valence-electron chi connectivity index (χ4n) is 1.46. The van der Waals surface area contributed by atoms with Gasteiger partial charge in [0.25, 0.3) is 5.91 Å². The van der Waals surface area contributed by atoms with E-state index < -0.39 is 0 Å². The summed E-state index contributed by atoms with van der Waals surface area (Å²) < 4.78 is 5.03. The summed E-state index contributed by atoms with van der Waals surface area (Å²) in [5, 5.41) is 10.4. The van der Waals surface area contributed by atoms with Gasteiger partial charge in [0.15, 0.2) is 5.69 Å². The van der Waals surface area contributed by atoms with Crippen molar-refractivity contribution >= 4 is 17.3 Å². The van der Waals surface area contributed by atoms with E-state index in [1.54, 1.807) is 25.2 Å². The molecule has 0 spiro atoms. The number of hydrogen-bond acceptors (Lipinski definition) is 5. The lowest BCUT2D eigenvalue weighted by Gasteiger charge is -2.07. The number of nitrogens with zero attached hydrogens (tertiary/aromatic N) is 3. The number of carbonyl (C=O) groups excluding carboxylic acids is 1. The molecule has 3 N–H and O–H groups in total. The SMILES string of the molecule is COc1ccc(NC(=O)c2cnn(C)n2)cc1N. The Labute approximate surface area is 104 Å². The zero-order valence-corrected chi connectivity index (χ0v) is 10.0. The molecule has 18 heavy (non-hydrogen) atoms. The first kappa shape index (κ1) is 11.9. The Kier molecular flexibility index (Phi) is 3.13. The second kappa shape index (κ2) is 4.74. The van der Waals surface area contributed by atoms with Crippen molar-refractivity contribution in [2.75, 3.05) is 18.2 Å². The summed E-state index contributed by atoms with van der Waals surface area (Å²) in [7, 11) is 3.17. The highest BCUT2D eigenvalue weighted by Gasteiger charge is 2.10. The zero-order chi connectivity index (χ0) is 13.1. The molecule has 0 bridgehead atoms. The van der Waals surface area contributed by atoms with Gasteiger partial charge in [0.2, 0.25) is 0 Å². The fourth-order valence-corrected chi connectivity index (χ4v) is 1.46. The summed E-state index contributed by atoms with van der Waals surface area (Å²) in [6.07, 6.45) is 1.39. The first-order valence-electron chi connectivity index (χ1n) is 5.21. The molecule has 0 unspecified atom stereocenters. The average molecular weight is 247 g/mol. The number of nitrogen functional groups attached to an aromatic ring is 1. The summed E-state index contributed by atoms with van der Waals surface area (Å²) >= 11 is 0. The molecule has 2 rings (SSSR count). The summed E-state index contributed by atoms with van der Waals surface area (Å²) in [5.41, 5.74) is 7.01. The molecule has 0 aliphatic carbocycles. The number of aryl methyl sites for hydroxylation is 1. The molecule has 2 aromatic rings. The van der Waals surface area contributed by atoms with Gasteiger partial charge in [-0.1, -0.05) is 0 Å². The molecule has 1 heterocycles. The fraction of sp³-hybridized carbons (Fsp3) is 0.182. The number of amides is 1. The number of carbonyl (C=O) groups is 1. The van der Waals surface area contributed by atoms with E-state index in [2.05, 4.69) is 15.5 Å². The van der Waals surface area contributed by atoms with Gasteiger partial charge in [-0.3, -0.25) is 4.79 Å². The third-order valence-electron chi connectivity index (χ3n) is 2.32. The Morgan fingerprint density at radius 1 is 1.50 bits per heavy atom. The summed E-state index contributed by atoms with van der Waals surface area (Å²) in [4.78, 5) is 13.1. The minimum atomic E-state index is -0.340. The predicted octanol–water partition coefficient (Wildman–Crippen LogP) is 0.658. The lowest BCUT2D eigenvalue weighted by Crippen LogP contribution is -2.13. The highest BCUT2D eigenvalue weighted by atomic mass is 16.5. The van der Waals surface area contributed by atoms with E-state index in [1.807, 2.05) is 0 Å². The molecule has 7 nitrogen and oxygen atoms in total. The van der Waals surface area contributed by atoms with Crippen LogP contribution >= 0.6 is 0 Å². The Morgan fingerprint density at radius 2 is 2.28 bits per heavy atom. The Hall–Kier alpha value is -2.57. The van der Waals surface area contributed by atoms with Crippen LogP contribution in [0.4, 0.5) is 11.4 Å². The average Bonchev–Trinajstić information content (AvgIpc) is 2.76. The number of nitrogens with one attached hydrogen (secondary N) is 1. The minimum absolute atomic E-state index is 0.242. The van der Waals surface area contributed by atoms with Crippen LogP contribution in [0.15, 0.2) is 24.4 Å². The van der Waals surface area contributed by atoms with Crippen LogP contribution in [-0.2, 0) is 7.05 Å². The quantitative estimate of drug-likeness (QED) is 0.777. The van der Waals surface area contributed by atoms with E-state index in [-0.39, 0.29) is 11.6 Å². The number of rotatable bonds is 3. The molecule has 1 amide bonds. The number of hydrogen-bond donors (Lipinski definition) is 2. The highest BCUT2D eigenvalue weighted by molar-refractivity contribution is 6.02. The van der Waals surface area contributed by atoms with Crippen LogP contribution in [-0.4, -0.2) is 28.0 Å². The molecule has 7 heteroatoms. The van der Waals surface area contributed by atoms with E-state index in [9.17, 15) is 4.79 Å². The number of nitrogens with two attached hydrogens (primary N) is 1. The normalized spacial score (nSPS) is 10.1. The minimum Gasteiger partial charge on any atom is -0.495 e. The number of aromatic nitrogens is 3. The van der Waals surface area contributed by atoms with Crippen molar-refractivity contribution in [3.63, 3.8) is 0 Å². The Morgan fingerprint density at radius 3 is 2.83 bits per heavy atom. The van der Waals surface area contributed by atoms with Gasteiger partial charge in [0.1, 0.15) is 5.75 Å². The first-order chi connectivity index (χ1) is 8.60. The second-order valence-electron chi connectivity index (χ2n) is 3.63.